The van der Waals surface area contributed by atoms with Gasteiger partial charge < -0.3 is 15.2 Å². The van der Waals surface area contributed by atoms with E-state index >= 15 is 0 Å². The average molecular weight is 302 g/mol. The van der Waals surface area contributed by atoms with E-state index in [1.165, 1.54) is 12.1 Å². The SMILES string of the molecule is O=C(COc1ccc(F)cc1Cl)N[C@H]1CCCC[C@@H]1O. The van der Waals surface area contributed by atoms with Crippen LogP contribution in [0.1, 0.15) is 25.7 Å². The van der Waals surface area contributed by atoms with E-state index in [0.29, 0.717) is 6.42 Å². The predicted octanol–water partition coefficient (Wildman–Crippen LogP) is 2.28. The molecule has 6 heteroatoms. The Morgan fingerprint density at radius 3 is 2.90 bits per heavy atom. The van der Waals surface area contributed by atoms with Crippen LogP contribution in [0.3, 0.4) is 0 Å². The maximum Gasteiger partial charge on any atom is 0.258 e. The zero-order valence-electron chi connectivity index (χ0n) is 10.9. The second-order valence-corrected chi connectivity index (χ2v) is 5.30. The van der Waals surface area contributed by atoms with Gasteiger partial charge in [-0.2, -0.15) is 0 Å². The van der Waals surface area contributed by atoms with Crippen LogP contribution in [0.4, 0.5) is 4.39 Å². The van der Waals surface area contributed by atoms with Crippen LogP contribution in [0.15, 0.2) is 18.2 Å². The molecule has 0 saturated heterocycles. The highest BCUT2D eigenvalue weighted by Crippen LogP contribution is 2.24. The molecule has 0 unspecified atom stereocenters. The molecule has 1 aromatic carbocycles. The van der Waals surface area contributed by atoms with Crippen molar-refractivity contribution < 1.29 is 19.0 Å². The Balaban J connectivity index is 1.82. The van der Waals surface area contributed by atoms with Gasteiger partial charge in [-0.1, -0.05) is 24.4 Å². The summed E-state index contributed by atoms with van der Waals surface area (Å²) in [6.07, 6.45) is 2.95. The Morgan fingerprint density at radius 2 is 2.20 bits per heavy atom. The second-order valence-electron chi connectivity index (χ2n) is 4.89. The number of ether oxygens (including phenoxy) is 1. The lowest BCUT2D eigenvalue weighted by Gasteiger charge is -2.28. The predicted molar refractivity (Wildman–Crippen MR) is 73.3 cm³/mol. The van der Waals surface area contributed by atoms with E-state index in [0.717, 1.165) is 25.3 Å². The summed E-state index contributed by atoms with van der Waals surface area (Å²) < 4.78 is 18.1. The average Bonchev–Trinajstić information content (AvgIpc) is 2.40. The van der Waals surface area contributed by atoms with E-state index in [2.05, 4.69) is 5.32 Å². The molecule has 2 rings (SSSR count). The Hall–Kier alpha value is -1.33. The van der Waals surface area contributed by atoms with E-state index in [9.17, 15) is 14.3 Å². The molecule has 1 aliphatic carbocycles. The molecule has 1 saturated carbocycles. The Morgan fingerprint density at radius 1 is 1.45 bits per heavy atom. The molecule has 0 radical (unpaired) electrons. The van der Waals surface area contributed by atoms with Gasteiger partial charge in [-0.25, -0.2) is 4.39 Å². The zero-order chi connectivity index (χ0) is 14.5. The van der Waals surface area contributed by atoms with Crippen LogP contribution < -0.4 is 10.1 Å². The van der Waals surface area contributed by atoms with Gasteiger partial charge in [0.05, 0.1) is 17.2 Å². The van der Waals surface area contributed by atoms with Crippen LogP contribution in [0.25, 0.3) is 0 Å². The van der Waals surface area contributed by atoms with Crippen molar-refractivity contribution >= 4 is 17.5 Å². The van der Waals surface area contributed by atoms with E-state index < -0.39 is 11.9 Å². The number of carbonyl (C=O) groups is 1. The number of halogens is 2. The highest BCUT2D eigenvalue weighted by atomic mass is 35.5. The number of benzene rings is 1. The van der Waals surface area contributed by atoms with E-state index in [1.807, 2.05) is 0 Å². The molecule has 0 aliphatic heterocycles. The highest BCUT2D eigenvalue weighted by molar-refractivity contribution is 6.32. The number of rotatable bonds is 4. The summed E-state index contributed by atoms with van der Waals surface area (Å²) in [5, 5.41) is 12.6. The highest BCUT2D eigenvalue weighted by Gasteiger charge is 2.24. The van der Waals surface area contributed by atoms with Crippen LogP contribution in [0, 0.1) is 5.82 Å². The van der Waals surface area contributed by atoms with Gasteiger partial charge in [-0.3, -0.25) is 4.79 Å². The van der Waals surface area contributed by atoms with Crippen molar-refractivity contribution in [2.45, 2.75) is 37.8 Å². The standard InChI is InChI=1S/C14H17ClFNO3/c15-10-7-9(16)5-6-13(10)20-8-14(19)17-11-3-1-2-4-12(11)18/h5-7,11-12,18H,1-4,8H2,(H,17,19)/t11-,12-/m0/s1. The van der Waals surface area contributed by atoms with Crippen molar-refractivity contribution in [1.82, 2.24) is 5.32 Å². The topological polar surface area (TPSA) is 58.6 Å². The largest absolute Gasteiger partial charge is 0.482 e. The first-order valence-corrected chi connectivity index (χ1v) is 6.99. The quantitative estimate of drug-likeness (QED) is 0.897. The molecule has 0 spiro atoms. The Bertz CT molecular complexity index is 483. The molecular weight excluding hydrogens is 285 g/mol. The fraction of sp³-hybridized carbons (Fsp3) is 0.500. The van der Waals surface area contributed by atoms with E-state index in [4.69, 9.17) is 16.3 Å². The van der Waals surface area contributed by atoms with Crippen LogP contribution in [0.2, 0.25) is 5.02 Å². The smallest absolute Gasteiger partial charge is 0.258 e. The number of aliphatic hydroxyl groups is 1. The summed E-state index contributed by atoms with van der Waals surface area (Å²) in [6.45, 7) is -0.214. The maximum absolute atomic E-state index is 12.9. The van der Waals surface area contributed by atoms with Crippen LogP contribution in [0.5, 0.6) is 5.75 Å². The van der Waals surface area contributed by atoms with Crippen LogP contribution in [-0.2, 0) is 4.79 Å². The van der Waals surface area contributed by atoms with Gasteiger partial charge >= 0.3 is 0 Å². The van der Waals surface area contributed by atoms with Crippen molar-refractivity contribution in [3.63, 3.8) is 0 Å². The lowest BCUT2D eigenvalue weighted by Crippen LogP contribution is -2.46. The number of hydrogen-bond donors (Lipinski definition) is 2. The fourth-order valence-corrected chi connectivity index (χ4v) is 2.49. The van der Waals surface area contributed by atoms with Crippen molar-refractivity contribution in [2.24, 2.45) is 0 Å². The van der Waals surface area contributed by atoms with Gasteiger partial charge in [-0.05, 0) is 31.0 Å². The molecule has 1 aromatic rings. The molecule has 0 aromatic heterocycles. The molecule has 1 fully saturated rings. The molecular formula is C14H17ClFNO3. The lowest BCUT2D eigenvalue weighted by molar-refractivity contribution is -0.125. The van der Waals surface area contributed by atoms with Gasteiger partial charge in [0, 0.05) is 0 Å². The van der Waals surface area contributed by atoms with Gasteiger partial charge in [0.15, 0.2) is 6.61 Å². The van der Waals surface area contributed by atoms with E-state index in [-0.39, 0.29) is 29.3 Å². The van der Waals surface area contributed by atoms with Crippen LogP contribution in [-0.4, -0.2) is 29.8 Å². The number of hydrogen-bond acceptors (Lipinski definition) is 3. The first-order chi connectivity index (χ1) is 9.56. The summed E-state index contributed by atoms with van der Waals surface area (Å²) in [5.41, 5.74) is 0. The minimum Gasteiger partial charge on any atom is -0.482 e. The Kier molecular flexibility index (Phi) is 5.20. The minimum absolute atomic E-state index is 0.121. The molecule has 2 atom stereocenters. The van der Waals surface area contributed by atoms with Crippen molar-refractivity contribution in [3.8, 4) is 5.75 Å². The number of amides is 1. The third-order valence-corrected chi connectivity index (χ3v) is 3.62. The fourth-order valence-electron chi connectivity index (χ4n) is 2.26. The minimum atomic E-state index is -0.498. The molecule has 1 aliphatic rings. The third-order valence-electron chi connectivity index (χ3n) is 3.33. The molecule has 2 N–H and O–H groups in total. The van der Waals surface area contributed by atoms with Gasteiger partial charge in [0.2, 0.25) is 0 Å². The second kappa shape index (κ2) is 6.90. The summed E-state index contributed by atoms with van der Waals surface area (Å²) >= 11 is 5.79. The van der Waals surface area contributed by atoms with Crippen molar-refractivity contribution in [1.29, 1.82) is 0 Å². The Labute approximate surface area is 121 Å². The maximum atomic E-state index is 12.9. The summed E-state index contributed by atoms with van der Waals surface area (Å²) in [6, 6.07) is 3.49. The van der Waals surface area contributed by atoms with Crippen molar-refractivity contribution in [3.05, 3.63) is 29.0 Å². The van der Waals surface area contributed by atoms with Gasteiger partial charge in [0.25, 0.3) is 5.91 Å². The monoisotopic (exact) mass is 301 g/mol. The summed E-state index contributed by atoms with van der Waals surface area (Å²) in [4.78, 5) is 11.7. The molecule has 0 heterocycles. The van der Waals surface area contributed by atoms with Crippen LogP contribution >= 0.6 is 11.6 Å². The molecule has 0 bridgehead atoms. The molecule has 110 valence electrons. The molecule has 1 amide bonds. The normalized spacial score (nSPS) is 22.4. The van der Waals surface area contributed by atoms with Crippen molar-refractivity contribution in [2.75, 3.05) is 6.61 Å². The number of carbonyl (C=O) groups excluding carboxylic acids is 1. The van der Waals surface area contributed by atoms with E-state index in [1.54, 1.807) is 0 Å². The van der Waals surface area contributed by atoms with Gasteiger partial charge in [-0.15, -0.1) is 0 Å². The number of aliphatic hydroxyl groups excluding tert-OH is 1. The molecule has 4 nitrogen and oxygen atoms in total. The zero-order valence-corrected chi connectivity index (χ0v) is 11.7. The summed E-state index contributed by atoms with van der Waals surface area (Å²) in [5.74, 6) is -0.527. The molecule has 20 heavy (non-hydrogen) atoms. The third kappa shape index (κ3) is 4.08. The first kappa shape index (κ1) is 15.1. The first-order valence-electron chi connectivity index (χ1n) is 6.61. The van der Waals surface area contributed by atoms with Gasteiger partial charge in [0.1, 0.15) is 11.6 Å². The number of nitrogens with one attached hydrogen (secondary N) is 1. The lowest BCUT2D eigenvalue weighted by atomic mass is 9.92. The summed E-state index contributed by atoms with van der Waals surface area (Å²) in [7, 11) is 0.